The molecule has 6 aromatic rings. The molecular weight excluding hydrogens is 2630 g/mol. The molecule has 47 heteroatoms. The number of hydrogen-bond donors (Lipinski definition) is 3. The van der Waals surface area contributed by atoms with E-state index in [9.17, 15) is 59.5 Å². The first-order valence-electron chi connectivity index (χ1n) is 25.3. The van der Waals surface area contributed by atoms with Gasteiger partial charge in [-0.2, -0.15) is 17.6 Å². The van der Waals surface area contributed by atoms with Gasteiger partial charge in [-0.05, 0) is 95.6 Å². The van der Waals surface area contributed by atoms with Crippen molar-refractivity contribution < 1.29 is 102 Å². The first kappa shape index (κ1) is 113. The monoisotopic (exact) mass is 2680 g/mol. The molecule has 0 aliphatic rings. The van der Waals surface area contributed by atoms with Gasteiger partial charge < -0.3 is 45.6 Å². The van der Waals surface area contributed by atoms with E-state index >= 15 is 0 Å². The van der Waals surface area contributed by atoms with E-state index in [1.54, 1.807) is 55.4 Å². The van der Waals surface area contributed by atoms with Gasteiger partial charge in [-0.3, -0.25) is 0 Å². The number of alkyl halides is 4. The van der Waals surface area contributed by atoms with Gasteiger partial charge in [-0.15, -0.1) is 0 Å². The zero-order valence-corrected chi connectivity index (χ0v) is 81.0. The van der Waals surface area contributed by atoms with E-state index in [2.05, 4.69) is 234 Å². The Bertz CT molecular complexity index is 3070. The molecule has 6 N–H and O–H groups in total. The number of esters is 6. The zero-order chi connectivity index (χ0) is 79.3. The van der Waals surface area contributed by atoms with Crippen LogP contribution in [0.3, 0.4) is 0 Å². The number of halogens is 24. The maximum absolute atomic E-state index is 13.0. The van der Waals surface area contributed by atoms with Crippen molar-refractivity contribution in [1.29, 1.82) is 0 Å². The number of methoxy groups -OCH3 is 2. The van der Waals surface area contributed by atoms with E-state index in [1.165, 1.54) is 28.8 Å². The van der Waals surface area contributed by atoms with Crippen LogP contribution in [0.15, 0.2) is 36.4 Å². The molecule has 0 atom stereocenters. The molecule has 0 aromatic carbocycles. The molecule has 0 radical (unpaired) electrons. The molecule has 21 nitrogen and oxygen atoms in total. The number of nitrogens with two attached hydrogens (primary N) is 3. The SMILES string of the molecule is C.CC(C)OC(=O)c1cc(Cl)c(Cl)c(Cl)n1.CC(C)OC(=O)c1cc(F)c(F)c(F)n1.CC(C)OC(=O)c1cc(N)c(F)c(Cl)n1.CC(C)OC(=O)c1cc(N)c(F)c(F)n1.CI.CI.COC(=O)c1cc(Cl)c(Cl)c(Cl)n1.COC(=O)c1cc(N)c(F)c(Cl)n1.ICI.[I][V]([I])[I].[I][V][I]. The van der Waals surface area contributed by atoms with Crippen LogP contribution in [-0.2, 0) is 42.8 Å². The molecule has 6 rings (SSSR count). The first-order chi connectivity index (χ1) is 46.3. The standard InChI is InChI=1S/C9H8Cl3NO2.C9H10ClFN2O2.C9H8F3NO2.C9H10F2N2O2.C7H4Cl3NO2.C7H6ClFN2O2.CH2I2.2CH3I.CH4.5HI.2V/c1-4(2)15-9(14)6-3-5(10)7(11)8(12)13-6;1-4(2)15-9(14)6-3-5(12)7(11)8(10)13-6;1-4(2)15-9(14)6-3-5(10)7(11)8(12)13-6;1-4(2)15-9(14)6-3-5(12)7(10)8(11)13-6;1-13-7(12)4-2-3(8)5(9)6(10)11-4;1-13-7(12)4-2-3(10)5(9)6(8)11-4;2-1-3;2*1-2;;;;;;;;/h3-4H,1-2H3;3-4H,1-2H3,(H2,12,13);3-4H,1-2H3;3-4H,1-2H3,(H2,12,13);2H,1H3;2H,1H3,(H2,10,11);1H2;2*1H3;1H4;5*1H;;/q;;;;;;;;;;;;;;;+2;+3/p-5. The van der Waals surface area contributed by atoms with Crippen LogP contribution in [0.25, 0.3) is 0 Å². The Morgan fingerprint density at radius 2 is 0.634 bits per heavy atom. The third kappa shape index (κ3) is 49.5. The second kappa shape index (κ2) is 63.3. The number of anilines is 3. The van der Waals surface area contributed by atoms with E-state index in [0.29, 0.717) is 15.5 Å². The van der Waals surface area contributed by atoms with E-state index in [4.69, 9.17) is 124 Å². The molecule has 101 heavy (non-hydrogen) atoms. The quantitative estimate of drug-likeness (QED) is 0.0286. The minimum atomic E-state index is -1.71. The van der Waals surface area contributed by atoms with Crippen molar-refractivity contribution in [2.24, 2.45) is 0 Å². The predicted molar refractivity (Wildman–Crippen MR) is 453 cm³/mol. The molecule has 0 aliphatic carbocycles. The van der Waals surface area contributed by atoms with Gasteiger partial charge in [0.2, 0.25) is 11.6 Å². The van der Waals surface area contributed by atoms with Gasteiger partial charge in [-0.25, -0.2) is 71.8 Å². The topological polar surface area (TPSA) is 313 Å². The summed E-state index contributed by atoms with van der Waals surface area (Å²) in [5.74, 6) is -13.6. The fourth-order valence-corrected chi connectivity index (χ4v) is 6.35. The van der Waals surface area contributed by atoms with Crippen molar-refractivity contribution in [2.45, 2.75) is 87.2 Å². The summed E-state index contributed by atoms with van der Waals surface area (Å²) in [5.41, 5.74) is 13.6. The normalized spacial score (nSPS) is 9.55. The summed E-state index contributed by atoms with van der Waals surface area (Å²) in [5, 5.41) is -0.328. The van der Waals surface area contributed by atoms with Gasteiger partial charge in [0.15, 0.2) is 61.9 Å². The number of carbonyl (C=O) groups is 6. The van der Waals surface area contributed by atoms with Gasteiger partial charge in [0.25, 0.3) is 11.9 Å². The molecule has 6 heterocycles. The molecule has 6 aromatic heterocycles. The van der Waals surface area contributed by atoms with E-state index in [1.807, 2.05) is 9.86 Å². The number of aromatic nitrogens is 6. The second-order valence-corrected chi connectivity index (χ2v) is 71.6. The van der Waals surface area contributed by atoms with Crippen LogP contribution >= 0.6 is 283 Å². The van der Waals surface area contributed by atoms with Crippen molar-refractivity contribution in [3.05, 3.63) is 152 Å². The Labute approximate surface area is 739 Å². The molecular formula is C54H58Cl8F7I9N9O12V2. The number of ether oxygens (including phenoxy) is 6. The van der Waals surface area contributed by atoms with Crippen molar-refractivity contribution in [2.75, 3.05) is 43.7 Å². The van der Waals surface area contributed by atoms with Crippen LogP contribution in [0.2, 0.25) is 40.7 Å². The van der Waals surface area contributed by atoms with Gasteiger partial charge in [0.1, 0.15) is 10.3 Å². The summed E-state index contributed by atoms with van der Waals surface area (Å²) in [6.07, 6.45) is -1.33. The summed E-state index contributed by atoms with van der Waals surface area (Å²) < 4.78 is 118. The number of pyridine rings is 6. The van der Waals surface area contributed by atoms with Crippen LogP contribution in [0.5, 0.6) is 0 Å². The molecule has 0 saturated carbocycles. The number of hydrogen-bond acceptors (Lipinski definition) is 21. The molecule has 0 spiro atoms. The fourth-order valence-electron chi connectivity index (χ4n) is 4.89. The third-order valence-corrected chi connectivity index (χ3v) is 11.2. The molecule has 0 bridgehead atoms. The molecule has 0 saturated heterocycles. The number of nitrogen functional groups attached to an aromatic ring is 3. The Morgan fingerprint density at radius 1 is 0.426 bits per heavy atom. The number of nitrogens with zero attached hydrogens (tertiary/aromatic N) is 6. The summed E-state index contributed by atoms with van der Waals surface area (Å²) in [7, 11) is 3.04. The number of carbonyl (C=O) groups excluding carboxylic acids is 6. The van der Waals surface area contributed by atoms with Crippen molar-refractivity contribution >= 4 is 336 Å². The van der Waals surface area contributed by atoms with Crippen LogP contribution < -0.4 is 17.2 Å². The van der Waals surface area contributed by atoms with Gasteiger partial charge in [-0.1, -0.05) is 191 Å². The summed E-state index contributed by atoms with van der Waals surface area (Å²) in [4.78, 5) is 91.1. The van der Waals surface area contributed by atoms with Crippen molar-refractivity contribution in [3.8, 4) is 0 Å². The Morgan fingerprint density at radius 3 is 0.861 bits per heavy atom. The maximum atomic E-state index is 13.0. The summed E-state index contributed by atoms with van der Waals surface area (Å²) >= 11 is 65.7. The Hall–Kier alpha value is 0.689. The van der Waals surface area contributed by atoms with E-state index in [0.717, 1.165) is 18.2 Å². The van der Waals surface area contributed by atoms with Crippen LogP contribution in [0.4, 0.5) is 47.8 Å². The van der Waals surface area contributed by atoms with Gasteiger partial charge >= 0.3 is 150 Å². The second-order valence-electron chi connectivity index (χ2n) is 17.0. The molecule has 0 amide bonds. The van der Waals surface area contributed by atoms with E-state index in [-0.39, 0.29) is 101 Å². The van der Waals surface area contributed by atoms with Gasteiger partial charge in [0, 0.05) is 6.07 Å². The average molecular weight is 2690 g/mol. The number of rotatable bonds is 10. The average Bonchev–Trinajstić information content (AvgIpc) is 0.892. The minimum absolute atomic E-state index is 0. The third-order valence-electron chi connectivity index (χ3n) is 8.45. The first-order valence-corrected chi connectivity index (χ1v) is 58.2. The fraction of sp³-hybridized carbons (Fsp3) is 0.333. The van der Waals surface area contributed by atoms with Crippen LogP contribution in [0.1, 0.15) is 126 Å². The summed E-state index contributed by atoms with van der Waals surface area (Å²) in [6, 6.07) is 6.19. The van der Waals surface area contributed by atoms with E-state index < -0.39 is 105 Å². The molecule has 0 aliphatic heterocycles. The van der Waals surface area contributed by atoms with Crippen LogP contribution in [-0.4, -0.2) is 117 Å². The summed E-state index contributed by atoms with van der Waals surface area (Å²) in [6.45, 7) is 13.2. The Kier molecular flexibility index (Phi) is 70.6. The van der Waals surface area contributed by atoms with Crippen molar-refractivity contribution in [1.82, 2.24) is 29.9 Å². The molecule has 0 fully saturated rings. The van der Waals surface area contributed by atoms with Crippen LogP contribution in [0, 0.1) is 41.0 Å². The Balaban J connectivity index is -0.000000258. The van der Waals surface area contributed by atoms with Gasteiger partial charge in [0.05, 0.1) is 78.2 Å². The predicted octanol–water partition coefficient (Wildman–Crippen LogP) is 22.2. The molecule has 569 valence electrons. The zero-order valence-electron chi connectivity index (χ0n) is 52.8. The molecule has 0 unspecified atom stereocenters. The van der Waals surface area contributed by atoms with Crippen molar-refractivity contribution in [3.63, 3.8) is 0 Å².